The van der Waals surface area contributed by atoms with E-state index in [-0.39, 0.29) is 0 Å². The largest absolute Gasteiger partial charge is 0.359 e. The molecule has 64 valence electrons. The summed E-state index contributed by atoms with van der Waals surface area (Å²) in [5.74, 6) is 5.81. The van der Waals surface area contributed by atoms with Gasteiger partial charge in [0.15, 0.2) is 0 Å². The Morgan fingerprint density at radius 1 is 1.50 bits per heavy atom. The number of aryl methyl sites for hydroxylation is 1. The molecule has 0 aliphatic rings. The molecule has 12 heavy (non-hydrogen) atoms. The molecule has 0 aliphatic heterocycles. The van der Waals surface area contributed by atoms with Crippen LogP contribution in [0.25, 0.3) is 0 Å². The molecule has 1 aromatic rings. The van der Waals surface area contributed by atoms with Gasteiger partial charge in [-0.2, -0.15) is 0 Å². The first-order valence-corrected chi connectivity index (χ1v) is 4.58. The van der Waals surface area contributed by atoms with Crippen molar-refractivity contribution >= 4 is 16.5 Å². The molecule has 4 heteroatoms. The predicted molar refractivity (Wildman–Crippen MR) is 51.2 cm³/mol. The fourth-order valence-electron chi connectivity index (χ4n) is 0.725. The molecule has 0 amide bonds. The first-order valence-electron chi connectivity index (χ1n) is 3.76. The number of hydrogen-bond acceptors (Lipinski definition) is 4. The topological polar surface area (TPSA) is 37.8 Å². The van der Waals surface area contributed by atoms with Gasteiger partial charge in [-0.3, -0.25) is 0 Å². The van der Waals surface area contributed by atoms with E-state index in [1.54, 1.807) is 11.3 Å². The minimum atomic E-state index is 0.843. The third-order valence-corrected chi connectivity index (χ3v) is 2.03. The number of aromatic nitrogens is 2. The van der Waals surface area contributed by atoms with Crippen molar-refractivity contribution in [2.45, 2.75) is 20.3 Å². The van der Waals surface area contributed by atoms with E-state index in [0.717, 1.165) is 23.1 Å². The lowest BCUT2D eigenvalue weighted by Crippen LogP contribution is -1.99. The van der Waals surface area contributed by atoms with Crippen molar-refractivity contribution in [3.05, 3.63) is 5.01 Å². The Hall–Kier alpha value is -1.08. The minimum Gasteiger partial charge on any atom is -0.359 e. The van der Waals surface area contributed by atoms with Crippen LogP contribution < -0.4 is 5.32 Å². The van der Waals surface area contributed by atoms with Crippen LogP contribution in [0.15, 0.2) is 0 Å². The molecule has 0 atom stereocenters. The zero-order valence-corrected chi connectivity index (χ0v) is 8.03. The van der Waals surface area contributed by atoms with E-state index in [4.69, 9.17) is 0 Å². The number of nitrogens with one attached hydrogen (secondary N) is 1. The van der Waals surface area contributed by atoms with E-state index in [9.17, 15) is 0 Å². The summed E-state index contributed by atoms with van der Waals surface area (Å²) in [4.78, 5) is 0. The lowest BCUT2D eigenvalue weighted by molar-refractivity contribution is 1.02. The quantitative estimate of drug-likeness (QED) is 0.569. The van der Waals surface area contributed by atoms with Crippen LogP contribution in [-0.4, -0.2) is 16.7 Å². The fourth-order valence-corrected chi connectivity index (χ4v) is 1.34. The molecule has 1 rings (SSSR count). The molecule has 0 bridgehead atoms. The van der Waals surface area contributed by atoms with Crippen molar-refractivity contribution in [3.63, 3.8) is 0 Å². The molecule has 0 unspecified atom stereocenters. The Bertz CT molecular complexity index is 295. The van der Waals surface area contributed by atoms with E-state index in [2.05, 4.69) is 27.4 Å². The minimum absolute atomic E-state index is 0.843. The summed E-state index contributed by atoms with van der Waals surface area (Å²) >= 11 is 1.56. The zero-order valence-electron chi connectivity index (χ0n) is 7.22. The van der Waals surface area contributed by atoms with Crippen molar-refractivity contribution in [2.75, 3.05) is 11.9 Å². The standard InChI is InChI=1S/C8H11N3S/c1-3-4-5-6-9-8-11-10-7(2)12-8/h5-6H2,1-2H3,(H,9,11). The van der Waals surface area contributed by atoms with Gasteiger partial charge in [0.1, 0.15) is 5.01 Å². The maximum absolute atomic E-state index is 3.92. The highest BCUT2D eigenvalue weighted by Crippen LogP contribution is 2.12. The first kappa shape index (κ1) is 9.01. The van der Waals surface area contributed by atoms with Crippen molar-refractivity contribution in [2.24, 2.45) is 0 Å². The Morgan fingerprint density at radius 2 is 2.33 bits per heavy atom. The summed E-state index contributed by atoms with van der Waals surface area (Å²) in [6.45, 7) is 4.62. The predicted octanol–water partition coefficient (Wildman–Crippen LogP) is 1.67. The van der Waals surface area contributed by atoms with Gasteiger partial charge < -0.3 is 5.32 Å². The number of hydrogen-bond donors (Lipinski definition) is 1. The third kappa shape index (κ3) is 2.89. The normalized spacial score (nSPS) is 8.83. The van der Waals surface area contributed by atoms with Crippen LogP contribution in [0.3, 0.4) is 0 Å². The third-order valence-electron chi connectivity index (χ3n) is 1.23. The second-order valence-corrected chi connectivity index (χ2v) is 3.41. The summed E-state index contributed by atoms with van der Waals surface area (Å²) in [5, 5.41) is 12.8. The molecule has 0 spiro atoms. The molecule has 0 saturated heterocycles. The van der Waals surface area contributed by atoms with E-state index in [0.29, 0.717) is 0 Å². The van der Waals surface area contributed by atoms with E-state index < -0.39 is 0 Å². The van der Waals surface area contributed by atoms with Gasteiger partial charge in [0.05, 0.1) is 0 Å². The van der Waals surface area contributed by atoms with Gasteiger partial charge in [-0.05, 0) is 13.8 Å². The van der Waals surface area contributed by atoms with Gasteiger partial charge in [0, 0.05) is 13.0 Å². The molecule has 0 saturated carbocycles. The summed E-state index contributed by atoms with van der Waals surface area (Å²) < 4.78 is 0. The Kier molecular flexibility index (Phi) is 3.55. The molecule has 1 aromatic heterocycles. The Morgan fingerprint density at radius 3 is 2.92 bits per heavy atom. The smallest absolute Gasteiger partial charge is 0.205 e. The van der Waals surface area contributed by atoms with Crippen molar-refractivity contribution in [1.82, 2.24) is 10.2 Å². The fraction of sp³-hybridized carbons (Fsp3) is 0.500. The number of anilines is 1. The van der Waals surface area contributed by atoms with Gasteiger partial charge in [-0.15, -0.1) is 22.0 Å². The van der Waals surface area contributed by atoms with Gasteiger partial charge >= 0.3 is 0 Å². The Labute approximate surface area is 76.2 Å². The number of rotatable bonds is 3. The molecule has 3 nitrogen and oxygen atoms in total. The molecule has 0 fully saturated rings. The molecule has 1 N–H and O–H groups in total. The van der Waals surface area contributed by atoms with Crippen LogP contribution >= 0.6 is 11.3 Å². The molecule has 0 radical (unpaired) electrons. The monoisotopic (exact) mass is 181 g/mol. The number of nitrogens with zero attached hydrogens (tertiary/aromatic N) is 2. The van der Waals surface area contributed by atoms with Gasteiger partial charge in [0.25, 0.3) is 0 Å². The second-order valence-electron chi connectivity index (χ2n) is 2.23. The first-order chi connectivity index (χ1) is 5.83. The molecular formula is C8H11N3S. The van der Waals surface area contributed by atoms with Gasteiger partial charge in [-0.25, -0.2) is 0 Å². The highest BCUT2D eigenvalue weighted by atomic mass is 32.1. The van der Waals surface area contributed by atoms with Crippen LogP contribution in [0.4, 0.5) is 5.13 Å². The SMILES string of the molecule is CC#CCCNc1nnc(C)s1. The zero-order chi connectivity index (χ0) is 8.81. The lowest BCUT2D eigenvalue weighted by atomic mass is 10.4. The second kappa shape index (κ2) is 4.73. The maximum Gasteiger partial charge on any atom is 0.205 e. The van der Waals surface area contributed by atoms with Crippen LogP contribution in [0.5, 0.6) is 0 Å². The average Bonchev–Trinajstić information content (AvgIpc) is 2.45. The van der Waals surface area contributed by atoms with Crippen molar-refractivity contribution in [3.8, 4) is 11.8 Å². The highest BCUT2D eigenvalue weighted by Gasteiger charge is 1.96. The molecular weight excluding hydrogens is 170 g/mol. The summed E-state index contributed by atoms with van der Waals surface area (Å²) in [7, 11) is 0. The van der Waals surface area contributed by atoms with Gasteiger partial charge in [-0.1, -0.05) is 11.3 Å². The molecule has 0 aliphatic carbocycles. The summed E-state index contributed by atoms with van der Waals surface area (Å²) in [6, 6.07) is 0. The highest BCUT2D eigenvalue weighted by molar-refractivity contribution is 7.15. The molecule has 0 aromatic carbocycles. The average molecular weight is 181 g/mol. The Balaban J connectivity index is 2.27. The van der Waals surface area contributed by atoms with Crippen LogP contribution in [0.1, 0.15) is 18.4 Å². The molecule has 1 heterocycles. The van der Waals surface area contributed by atoms with Crippen molar-refractivity contribution in [1.29, 1.82) is 0 Å². The van der Waals surface area contributed by atoms with Crippen LogP contribution in [0.2, 0.25) is 0 Å². The van der Waals surface area contributed by atoms with E-state index in [1.165, 1.54) is 0 Å². The van der Waals surface area contributed by atoms with Gasteiger partial charge in [0.2, 0.25) is 5.13 Å². The lowest BCUT2D eigenvalue weighted by Gasteiger charge is -1.94. The summed E-state index contributed by atoms with van der Waals surface area (Å²) in [6.07, 6.45) is 0.856. The maximum atomic E-state index is 3.92. The van der Waals surface area contributed by atoms with Crippen LogP contribution in [-0.2, 0) is 0 Å². The van der Waals surface area contributed by atoms with E-state index >= 15 is 0 Å². The van der Waals surface area contributed by atoms with Crippen molar-refractivity contribution < 1.29 is 0 Å². The van der Waals surface area contributed by atoms with E-state index in [1.807, 2.05) is 13.8 Å². The van der Waals surface area contributed by atoms with Crippen LogP contribution in [0, 0.1) is 18.8 Å². The summed E-state index contributed by atoms with van der Waals surface area (Å²) in [5.41, 5.74) is 0.